The molecule has 4 nitrogen and oxygen atoms in total. The van der Waals surface area contributed by atoms with Crippen LogP contribution in [0.3, 0.4) is 0 Å². The van der Waals surface area contributed by atoms with Gasteiger partial charge in [-0.05, 0) is 19.1 Å². The van der Waals surface area contributed by atoms with Crippen LogP contribution in [-0.4, -0.2) is 10.7 Å². The van der Waals surface area contributed by atoms with Crippen molar-refractivity contribution >= 4 is 11.4 Å². The molecule has 0 aromatic carbocycles. The van der Waals surface area contributed by atoms with Gasteiger partial charge >= 0.3 is 0 Å². The summed E-state index contributed by atoms with van der Waals surface area (Å²) in [4.78, 5) is 7.99. The van der Waals surface area contributed by atoms with E-state index < -0.39 is 5.92 Å². The second-order valence-corrected chi connectivity index (χ2v) is 2.66. The minimum absolute atomic E-state index is 0.489. The second kappa shape index (κ2) is 4.74. The molecule has 0 aliphatic carbocycles. The van der Waals surface area contributed by atoms with E-state index >= 15 is 0 Å². The van der Waals surface area contributed by atoms with E-state index in [0.29, 0.717) is 11.4 Å². The molecule has 0 aliphatic heterocycles. The van der Waals surface area contributed by atoms with Gasteiger partial charge in [-0.1, -0.05) is 0 Å². The molecule has 0 aliphatic rings. The van der Waals surface area contributed by atoms with E-state index in [-0.39, 0.29) is 0 Å². The summed E-state index contributed by atoms with van der Waals surface area (Å²) in [6.07, 6.45) is 3.22. The molecule has 0 fully saturated rings. The Morgan fingerprint density at radius 2 is 2.21 bits per heavy atom. The molecule has 0 saturated carbocycles. The van der Waals surface area contributed by atoms with E-state index in [1.807, 2.05) is 12.1 Å². The Kier molecular flexibility index (Phi) is 3.34. The van der Waals surface area contributed by atoms with E-state index in [2.05, 4.69) is 9.98 Å². The number of nitriles is 2. The van der Waals surface area contributed by atoms with E-state index in [4.69, 9.17) is 10.5 Å². The number of pyridine rings is 1. The molecule has 0 spiro atoms. The number of hydrogen-bond donors (Lipinski definition) is 0. The lowest BCUT2D eigenvalue weighted by atomic mass is 10.1. The molecule has 1 heterocycles. The van der Waals surface area contributed by atoms with Crippen LogP contribution in [0.25, 0.3) is 0 Å². The van der Waals surface area contributed by atoms with Gasteiger partial charge in [-0.2, -0.15) is 10.5 Å². The first kappa shape index (κ1) is 9.88. The fourth-order valence-corrected chi connectivity index (χ4v) is 0.904. The second-order valence-electron chi connectivity index (χ2n) is 2.66. The van der Waals surface area contributed by atoms with Gasteiger partial charge in [0.25, 0.3) is 0 Å². The average Bonchev–Trinajstić information content (AvgIpc) is 2.21. The quantitative estimate of drug-likeness (QED) is 0.658. The Bertz CT molecular complexity index is 394. The SMILES string of the molecule is CC(=Nc1cccnc1)C(C#N)C#N. The highest BCUT2D eigenvalue weighted by atomic mass is 14.8. The summed E-state index contributed by atoms with van der Waals surface area (Å²) in [6, 6.07) is 7.23. The zero-order valence-electron chi connectivity index (χ0n) is 7.68. The fraction of sp³-hybridized carbons (Fsp3) is 0.200. The van der Waals surface area contributed by atoms with E-state index in [1.54, 1.807) is 31.5 Å². The average molecular weight is 184 g/mol. The minimum atomic E-state index is -0.782. The van der Waals surface area contributed by atoms with Crippen molar-refractivity contribution in [3.8, 4) is 12.1 Å². The number of hydrogen-bond acceptors (Lipinski definition) is 4. The summed E-state index contributed by atoms with van der Waals surface area (Å²) in [5, 5.41) is 17.2. The van der Waals surface area contributed by atoms with Crippen molar-refractivity contribution in [1.82, 2.24) is 4.98 Å². The molecular weight excluding hydrogens is 176 g/mol. The summed E-state index contributed by atoms with van der Waals surface area (Å²) in [7, 11) is 0. The molecule has 0 amide bonds. The van der Waals surface area contributed by atoms with Crippen LogP contribution in [0.2, 0.25) is 0 Å². The van der Waals surface area contributed by atoms with Gasteiger partial charge in [0, 0.05) is 11.9 Å². The minimum Gasteiger partial charge on any atom is -0.262 e. The lowest BCUT2D eigenvalue weighted by Crippen LogP contribution is -2.05. The first-order valence-electron chi connectivity index (χ1n) is 4.02. The predicted octanol–water partition coefficient (Wildman–Crippen LogP) is 1.84. The summed E-state index contributed by atoms with van der Waals surface area (Å²) in [6.45, 7) is 1.66. The molecule has 1 aromatic rings. The maximum atomic E-state index is 8.61. The fourth-order valence-electron chi connectivity index (χ4n) is 0.904. The molecule has 1 rings (SSSR count). The van der Waals surface area contributed by atoms with E-state index in [0.717, 1.165) is 0 Å². The largest absolute Gasteiger partial charge is 0.262 e. The van der Waals surface area contributed by atoms with Gasteiger partial charge in [0.1, 0.15) is 0 Å². The Morgan fingerprint density at radius 1 is 1.50 bits per heavy atom. The molecule has 0 radical (unpaired) electrons. The summed E-state index contributed by atoms with van der Waals surface area (Å²) < 4.78 is 0. The Morgan fingerprint density at radius 3 is 2.71 bits per heavy atom. The monoisotopic (exact) mass is 184 g/mol. The van der Waals surface area contributed by atoms with Crippen molar-refractivity contribution in [3.63, 3.8) is 0 Å². The van der Waals surface area contributed by atoms with Crippen LogP contribution in [0, 0.1) is 28.6 Å². The van der Waals surface area contributed by atoms with Crippen molar-refractivity contribution in [2.24, 2.45) is 10.9 Å². The van der Waals surface area contributed by atoms with Crippen LogP contribution in [0.4, 0.5) is 5.69 Å². The summed E-state index contributed by atoms with van der Waals surface area (Å²) >= 11 is 0. The number of aromatic nitrogens is 1. The zero-order chi connectivity index (χ0) is 10.4. The maximum absolute atomic E-state index is 8.61. The molecular formula is C10H8N4. The van der Waals surface area contributed by atoms with Crippen LogP contribution in [0.1, 0.15) is 6.92 Å². The Balaban J connectivity index is 2.91. The van der Waals surface area contributed by atoms with Crippen LogP contribution < -0.4 is 0 Å². The summed E-state index contributed by atoms with van der Waals surface area (Å²) in [5.41, 5.74) is 1.14. The summed E-state index contributed by atoms with van der Waals surface area (Å²) in [5.74, 6) is -0.782. The topological polar surface area (TPSA) is 72.8 Å². The first-order valence-corrected chi connectivity index (χ1v) is 4.02. The highest BCUT2D eigenvalue weighted by Crippen LogP contribution is 2.10. The zero-order valence-corrected chi connectivity index (χ0v) is 7.68. The van der Waals surface area contributed by atoms with Gasteiger partial charge in [0.15, 0.2) is 5.92 Å². The molecule has 68 valence electrons. The number of nitrogens with zero attached hydrogens (tertiary/aromatic N) is 4. The van der Waals surface area contributed by atoms with Gasteiger partial charge in [-0.3, -0.25) is 9.98 Å². The van der Waals surface area contributed by atoms with Crippen molar-refractivity contribution in [3.05, 3.63) is 24.5 Å². The van der Waals surface area contributed by atoms with Gasteiger partial charge in [0.05, 0.1) is 24.0 Å². The lowest BCUT2D eigenvalue weighted by molar-refractivity contribution is 1.13. The van der Waals surface area contributed by atoms with Crippen LogP contribution in [0.5, 0.6) is 0 Å². The van der Waals surface area contributed by atoms with Gasteiger partial charge in [-0.25, -0.2) is 0 Å². The number of rotatable bonds is 2. The molecule has 1 aromatic heterocycles. The van der Waals surface area contributed by atoms with Crippen molar-refractivity contribution in [1.29, 1.82) is 10.5 Å². The Hall–Kier alpha value is -2.20. The third-order valence-corrected chi connectivity index (χ3v) is 1.63. The van der Waals surface area contributed by atoms with Crippen molar-refractivity contribution in [2.75, 3.05) is 0 Å². The standard InChI is InChI=1S/C10H8N4/c1-8(9(5-11)6-12)14-10-3-2-4-13-7-10/h2-4,7,9H,1H3. The first-order chi connectivity index (χ1) is 6.77. The van der Waals surface area contributed by atoms with Gasteiger partial charge in [0.2, 0.25) is 0 Å². The third-order valence-electron chi connectivity index (χ3n) is 1.63. The normalized spacial score (nSPS) is 10.7. The van der Waals surface area contributed by atoms with E-state index in [1.165, 1.54) is 0 Å². The molecule has 14 heavy (non-hydrogen) atoms. The molecule has 0 atom stereocenters. The molecule has 0 N–H and O–H groups in total. The van der Waals surface area contributed by atoms with Crippen molar-refractivity contribution < 1.29 is 0 Å². The smallest absolute Gasteiger partial charge is 0.170 e. The highest BCUT2D eigenvalue weighted by molar-refractivity contribution is 5.90. The van der Waals surface area contributed by atoms with Crippen LogP contribution in [-0.2, 0) is 0 Å². The number of aliphatic imine (C=N–C) groups is 1. The third kappa shape index (κ3) is 2.40. The van der Waals surface area contributed by atoms with Crippen LogP contribution in [0.15, 0.2) is 29.5 Å². The Labute approximate surface area is 82.2 Å². The van der Waals surface area contributed by atoms with Crippen LogP contribution >= 0.6 is 0 Å². The van der Waals surface area contributed by atoms with Gasteiger partial charge < -0.3 is 0 Å². The highest BCUT2D eigenvalue weighted by Gasteiger charge is 2.08. The van der Waals surface area contributed by atoms with E-state index in [9.17, 15) is 0 Å². The predicted molar refractivity (Wildman–Crippen MR) is 51.7 cm³/mol. The lowest BCUT2D eigenvalue weighted by Gasteiger charge is -1.98. The molecule has 4 heteroatoms. The van der Waals surface area contributed by atoms with Gasteiger partial charge in [-0.15, -0.1) is 0 Å². The molecule has 0 saturated heterocycles. The molecule has 0 bridgehead atoms. The van der Waals surface area contributed by atoms with Crippen molar-refractivity contribution in [2.45, 2.75) is 6.92 Å². The maximum Gasteiger partial charge on any atom is 0.170 e. The molecule has 0 unspecified atom stereocenters.